The Balaban J connectivity index is 2.11. The first-order valence-corrected chi connectivity index (χ1v) is 12.3. The molecule has 0 saturated carbocycles. The lowest BCUT2D eigenvalue weighted by atomic mass is 9.72. The van der Waals surface area contributed by atoms with E-state index in [-0.39, 0.29) is 22.4 Å². The van der Waals surface area contributed by atoms with Crippen LogP contribution in [-0.4, -0.2) is 33.3 Å². The summed E-state index contributed by atoms with van der Waals surface area (Å²) in [5.41, 5.74) is 5.20. The summed E-state index contributed by atoms with van der Waals surface area (Å²) >= 11 is 0. The average Bonchev–Trinajstić information content (AvgIpc) is 2.74. The van der Waals surface area contributed by atoms with Crippen LogP contribution >= 0.6 is 0 Å². The van der Waals surface area contributed by atoms with Crippen LogP contribution in [0.5, 0.6) is 5.75 Å². The number of phenolic OH excluding ortho intramolecular Hbond substituents is 1. The third-order valence-electron chi connectivity index (χ3n) is 6.51. The number of carboxylic acids is 1. The van der Waals surface area contributed by atoms with Gasteiger partial charge in [-0.2, -0.15) is 0 Å². The number of carboxylic acid groups (broad SMARTS) is 1. The molecule has 0 radical (unpaired) electrons. The molecule has 194 valence electrons. The van der Waals surface area contributed by atoms with Crippen molar-refractivity contribution in [3.8, 4) is 5.75 Å². The fourth-order valence-electron chi connectivity index (χ4n) is 4.58. The van der Waals surface area contributed by atoms with Crippen LogP contribution in [0.25, 0.3) is 0 Å². The zero-order valence-electron chi connectivity index (χ0n) is 22.1. The van der Waals surface area contributed by atoms with Gasteiger partial charge in [0.15, 0.2) is 0 Å². The minimum Gasteiger partial charge on any atom is -0.508 e. The first-order chi connectivity index (χ1) is 16.8. The highest BCUT2D eigenvalue weighted by Crippen LogP contribution is 2.40. The Kier molecular flexibility index (Phi) is 10.1. The predicted molar refractivity (Wildman–Crippen MR) is 145 cm³/mol. The molecule has 2 unspecified atom stereocenters. The van der Waals surface area contributed by atoms with E-state index >= 15 is 0 Å². The minimum atomic E-state index is -1.29. The van der Waals surface area contributed by atoms with Crippen molar-refractivity contribution in [1.82, 2.24) is 0 Å². The Morgan fingerprint density at radius 3 is 2.44 bits per heavy atom. The quantitative estimate of drug-likeness (QED) is 0.181. The number of rotatable bonds is 9. The van der Waals surface area contributed by atoms with Gasteiger partial charge in [-0.05, 0) is 87.3 Å². The van der Waals surface area contributed by atoms with E-state index in [0.29, 0.717) is 5.57 Å². The van der Waals surface area contributed by atoms with E-state index in [9.17, 15) is 24.9 Å². The van der Waals surface area contributed by atoms with Crippen LogP contribution in [-0.2, 0) is 9.59 Å². The minimum absolute atomic E-state index is 0.129. The summed E-state index contributed by atoms with van der Waals surface area (Å²) in [5.74, 6) is -3.15. The number of carbonyl (C=O) groups excluding carboxylic acids is 1. The number of aliphatic hydroxyl groups is 1. The van der Waals surface area contributed by atoms with Gasteiger partial charge < -0.3 is 20.6 Å². The van der Waals surface area contributed by atoms with Crippen LogP contribution in [0.4, 0.5) is 5.69 Å². The van der Waals surface area contributed by atoms with Crippen molar-refractivity contribution >= 4 is 17.6 Å². The number of aliphatic carboxylic acids is 1. The fraction of sp³-hybridized carbons (Fsp3) is 0.400. The van der Waals surface area contributed by atoms with Crippen LogP contribution in [0.2, 0.25) is 0 Å². The Morgan fingerprint density at radius 1 is 1.14 bits per heavy atom. The highest BCUT2D eigenvalue weighted by molar-refractivity contribution is 6.01. The summed E-state index contributed by atoms with van der Waals surface area (Å²) in [6.45, 7) is 12.0. The number of aliphatic hydroxyl groups excluding tert-OH is 1. The van der Waals surface area contributed by atoms with Crippen LogP contribution in [0.15, 0.2) is 76.9 Å². The smallest absolute Gasteiger partial charge is 0.313 e. The van der Waals surface area contributed by atoms with Gasteiger partial charge in [-0.15, -0.1) is 0 Å². The molecule has 0 aromatic heterocycles. The third-order valence-corrected chi connectivity index (χ3v) is 6.51. The van der Waals surface area contributed by atoms with Gasteiger partial charge in [-0.1, -0.05) is 55.4 Å². The molecule has 1 aromatic carbocycles. The number of phenols is 1. The van der Waals surface area contributed by atoms with Crippen molar-refractivity contribution in [3.63, 3.8) is 0 Å². The molecule has 0 saturated heterocycles. The number of aromatic hydroxyl groups is 1. The molecule has 2 atom stereocenters. The number of nitrogens with one attached hydrogen (secondary N) is 1. The maximum Gasteiger partial charge on any atom is 0.313 e. The van der Waals surface area contributed by atoms with E-state index in [2.05, 4.69) is 38.2 Å². The van der Waals surface area contributed by atoms with Crippen molar-refractivity contribution in [2.75, 3.05) is 5.32 Å². The first-order valence-electron chi connectivity index (χ1n) is 12.3. The zero-order valence-corrected chi connectivity index (χ0v) is 22.1. The van der Waals surface area contributed by atoms with Gasteiger partial charge in [0.2, 0.25) is 5.91 Å². The van der Waals surface area contributed by atoms with Gasteiger partial charge in [0.25, 0.3) is 0 Å². The summed E-state index contributed by atoms with van der Waals surface area (Å²) in [6.07, 6.45) is 13.8. The summed E-state index contributed by atoms with van der Waals surface area (Å²) < 4.78 is 0. The SMILES string of the molecule is CC1=C(/C=C/C(C)=C/C=C/C(C)=C/C(=O)Nc2ccc(O)cc2C(C(=O)O)C(C)O)C(C)(C)CCC1. The molecule has 0 bridgehead atoms. The number of allylic oxidation sites excluding steroid dienone is 9. The van der Waals surface area contributed by atoms with Crippen molar-refractivity contribution < 1.29 is 24.9 Å². The van der Waals surface area contributed by atoms with E-state index in [1.807, 2.05) is 25.2 Å². The van der Waals surface area contributed by atoms with Gasteiger partial charge in [-0.25, -0.2) is 0 Å². The van der Waals surface area contributed by atoms with Crippen molar-refractivity contribution in [3.05, 3.63) is 82.5 Å². The van der Waals surface area contributed by atoms with Crippen LogP contribution < -0.4 is 5.32 Å². The Morgan fingerprint density at radius 2 is 1.83 bits per heavy atom. The number of anilines is 1. The normalized spacial score (nSPS) is 18.5. The van der Waals surface area contributed by atoms with Gasteiger partial charge in [0, 0.05) is 11.8 Å². The third kappa shape index (κ3) is 8.09. The molecule has 1 amide bonds. The second-order valence-corrected chi connectivity index (χ2v) is 10.2. The number of amides is 1. The van der Waals surface area contributed by atoms with E-state index in [0.717, 1.165) is 12.0 Å². The van der Waals surface area contributed by atoms with Crippen molar-refractivity contribution in [2.45, 2.75) is 72.8 Å². The standard InChI is InChI=1S/C30H39NO5/c1-19(12-14-25-21(3)11-8-16-30(25,5)6)9-7-10-20(2)17-27(34)31-26-15-13-23(33)18-24(26)28(22(4)32)29(35)36/h7,9-10,12-15,17-18,22,28,32-33H,8,11,16H2,1-6H3,(H,31,34)(H,35,36)/b10-7+,14-12+,19-9+,20-17+. The summed E-state index contributed by atoms with van der Waals surface area (Å²) in [6, 6.07) is 4.01. The highest BCUT2D eigenvalue weighted by Gasteiger charge is 2.28. The van der Waals surface area contributed by atoms with Gasteiger partial charge in [-0.3, -0.25) is 9.59 Å². The molecule has 6 heteroatoms. The lowest BCUT2D eigenvalue weighted by Gasteiger charge is -2.32. The topological polar surface area (TPSA) is 107 Å². The summed E-state index contributed by atoms with van der Waals surface area (Å²) in [7, 11) is 0. The molecule has 1 aliphatic carbocycles. The monoisotopic (exact) mass is 493 g/mol. The Hall–Kier alpha value is -3.38. The van der Waals surface area contributed by atoms with E-state index in [4.69, 9.17) is 0 Å². The van der Waals surface area contributed by atoms with Gasteiger partial charge in [0.05, 0.1) is 6.10 Å². The van der Waals surface area contributed by atoms with Gasteiger partial charge in [0.1, 0.15) is 11.7 Å². The largest absolute Gasteiger partial charge is 0.508 e. The summed E-state index contributed by atoms with van der Waals surface area (Å²) in [5, 5.41) is 31.9. The van der Waals surface area contributed by atoms with Crippen LogP contribution in [0.3, 0.4) is 0 Å². The second kappa shape index (κ2) is 12.5. The number of hydrogen-bond donors (Lipinski definition) is 4. The highest BCUT2D eigenvalue weighted by atomic mass is 16.4. The molecular weight excluding hydrogens is 454 g/mol. The molecule has 0 aliphatic heterocycles. The lowest BCUT2D eigenvalue weighted by molar-refractivity contribution is -0.141. The second-order valence-electron chi connectivity index (χ2n) is 10.2. The van der Waals surface area contributed by atoms with Crippen molar-refractivity contribution in [2.24, 2.45) is 5.41 Å². The Labute approximate surface area is 214 Å². The molecule has 0 spiro atoms. The molecule has 0 fully saturated rings. The maximum absolute atomic E-state index is 12.6. The average molecular weight is 494 g/mol. The molecular formula is C30H39NO5. The molecule has 0 heterocycles. The molecule has 1 aliphatic rings. The van der Waals surface area contributed by atoms with E-state index < -0.39 is 23.9 Å². The number of carbonyl (C=O) groups is 2. The molecule has 1 aromatic rings. The maximum atomic E-state index is 12.6. The lowest BCUT2D eigenvalue weighted by Crippen LogP contribution is -2.25. The molecule has 4 N–H and O–H groups in total. The number of benzene rings is 1. The predicted octanol–water partition coefficient (Wildman–Crippen LogP) is 6.41. The van der Waals surface area contributed by atoms with Crippen LogP contribution in [0.1, 0.15) is 72.3 Å². The molecule has 36 heavy (non-hydrogen) atoms. The van der Waals surface area contributed by atoms with E-state index in [1.165, 1.54) is 55.2 Å². The molecule has 6 nitrogen and oxygen atoms in total. The Bertz CT molecular complexity index is 1130. The zero-order chi connectivity index (χ0) is 27.0. The fourth-order valence-corrected chi connectivity index (χ4v) is 4.58. The van der Waals surface area contributed by atoms with E-state index in [1.54, 1.807) is 6.92 Å². The van der Waals surface area contributed by atoms with Gasteiger partial charge >= 0.3 is 5.97 Å². The first kappa shape index (κ1) is 28.9. The van der Waals surface area contributed by atoms with Crippen LogP contribution in [0, 0.1) is 5.41 Å². The van der Waals surface area contributed by atoms with Crippen molar-refractivity contribution in [1.29, 1.82) is 0 Å². The molecule has 2 rings (SSSR count). The summed E-state index contributed by atoms with van der Waals surface area (Å²) in [4.78, 5) is 24.2. The number of hydrogen-bond acceptors (Lipinski definition) is 4.